The molecule has 0 fully saturated rings. The van der Waals surface area contributed by atoms with Crippen molar-refractivity contribution in [1.82, 2.24) is 5.32 Å². The highest BCUT2D eigenvalue weighted by Gasteiger charge is 2.23. The fourth-order valence-electron chi connectivity index (χ4n) is 1.57. The van der Waals surface area contributed by atoms with Crippen LogP contribution in [0.4, 0.5) is 0 Å². The molecule has 0 aliphatic heterocycles. The number of nitrogens with zero attached hydrogens (tertiary/aromatic N) is 1. The number of oxime groups is 1. The van der Waals surface area contributed by atoms with E-state index in [-0.39, 0.29) is 23.6 Å². The first kappa shape index (κ1) is 14.7. The van der Waals surface area contributed by atoms with Crippen molar-refractivity contribution in [2.24, 2.45) is 22.7 Å². The summed E-state index contributed by atoms with van der Waals surface area (Å²) in [5.74, 6) is 0.103. The van der Waals surface area contributed by atoms with Gasteiger partial charge in [-0.2, -0.15) is 0 Å². The minimum Gasteiger partial charge on any atom is -0.409 e. The van der Waals surface area contributed by atoms with Gasteiger partial charge in [-0.3, -0.25) is 4.79 Å². The predicted octanol–water partition coefficient (Wildman–Crippen LogP) is 1.31. The fraction of sp³-hybridized carbons (Fsp3) is 0.818. The Balaban J connectivity index is 4.58. The van der Waals surface area contributed by atoms with E-state index in [9.17, 15) is 4.79 Å². The van der Waals surface area contributed by atoms with Crippen molar-refractivity contribution in [3.8, 4) is 0 Å². The molecule has 0 bridgehead atoms. The quantitative estimate of drug-likeness (QED) is 0.278. The normalized spacial score (nSPS) is 14.2. The average molecular weight is 229 g/mol. The van der Waals surface area contributed by atoms with Crippen molar-refractivity contribution < 1.29 is 10.0 Å². The Kier molecular flexibility index (Phi) is 6.53. The summed E-state index contributed by atoms with van der Waals surface area (Å²) in [4.78, 5) is 11.8. The molecule has 1 amide bonds. The first-order valence-electron chi connectivity index (χ1n) is 5.75. The van der Waals surface area contributed by atoms with Crippen molar-refractivity contribution in [2.75, 3.05) is 0 Å². The Morgan fingerprint density at radius 2 is 1.88 bits per heavy atom. The standard InChI is InChI=1S/C11H23N3O2/c1-5-8(6-2)11(15)13-9(7(3)4)10(12)14-16/h7-9,16H,5-6H2,1-4H3,(H2,12,14)(H,13,15). The van der Waals surface area contributed by atoms with Gasteiger partial charge >= 0.3 is 0 Å². The maximum atomic E-state index is 11.8. The molecule has 0 radical (unpaired) electrons. The van der Waals surface area contributed by atoms with E-state index in [1.165, 1.54) is 0 Å². The van der Waals surface area contributed by atoms with Gasteiger partial charge in [-0.15, -0.1) is 0 Å². The third kappa shape index (κ3) is 4.08. The lowest BCUT2D eigenvalue weighted by molar-refractivity contribution is -0.125. The second-order valence-corrected chi connectivity index (χ2v) is 4.27. The van der Waals surface area contributed by atoms with E-state index in [1.807, 2.05) is 27.7 Å². The summed E-state index contributed by atoms with van der Waals surface area (Å²) in [6.45, 7) is 7.77. The van der Waals surface area contributed by atoms with Gasteiger partial charge in [0.1, 0.15) is 0 Å². The van der Waals surface area contributed by atoms with Crippen molar-refractivity contribution in [3.05, 3.63) is 0 Å². The fourth-order valence-corrected chi connectivity index (χ4v) is 1.57. The number of amidine groups is 1. The monoisotopic (exact) mass is 229 g/mol. The number of nitrogens with two attached hydrogens (primary N) is 1. The number of hydrogen-bond acceptors (Lipinski definition) is 3. The minimum absolute atomic E-state index is 0.00672. The number of rotatable bonds is 6. The molecule has 0 aromatic heterocycles. The minimum atomic E-state index is -0.405. The van der Waals surface area contributed by atoms with E-state index in [1.54, 1.807) is 0 Å². The lowest BCUT2D eigenvalue weighted by atomic mass is 9.99. The van der Waals surface area contributed by atoms with Gasteiger partial charge < -0.3 is 16.3 Å². The molecule has 1 unspecified atom stereocenters. The van der Waals surface area contributed by atoms with Gasteiger partial charge in [0.25, 0.3) is 0 Å². The highest BCUT2D eigenvalue weighted by atomic mass is 16.4. The molecule has 0 aliphatic rings. The van der Waals surface area contributed by atoms with E-state index in [0.717, 1.165) is 12.8 Å². The highest BCUT2D eigenvalue weighted by Crippen LogP contribution is 2.09. The van der Waals surface area contributed by atoms with E-state index >= 15 is 0 Å². The summed E-state index contributed by atoms with van der Waals surface area (Å²) in [7, 11) is 0. The molecular weight excluding hydrogens is 206 g/mol. The summed E-state index contributed by atoms with van der Waals surface area (Å²) < 4.78 is 0. The molecule has 0 spiro atoms. The molecule has 5 heteroatoms. The van der Waals surface area contributed by atoms with Crippen molar-refractivity contribution in [3.63, 3.8) is 0 Å². The number of carbonyl (C=O) groups is 1. The van der Waals surface area contributed by atoms with Crippen LogP contribution in [0.2, 0.25) is 0 Å². The number of amides is 1. The molecule has 0 saturated carbocycles. The zero-order valence-electron chi connectivity index (χ0n) is 10.5. The van der Waals surface area contributed by atoms with Crippen LogP contribution in [-0.2, 0) is 4.79 Å². The van der Waals surface area contributed by atoms with Gasteiger partial charge in [0.05, 0.1) is 6.04 Å². The maximum absolute atomic E-state index is 11.8. The van der Waals surface area contributed by atoms with Crippen LogP contribution < -0.4 is 11.1 Å². The molecule has 5 nitrogen and oxygen atoms in total. The lowest BCUT2D eigenvalue weighted by Crippen LogP contribution is -2.49. The second-order valence-electron chi connectivity index (χ2n) is 4.27. The van der Waals surface area contributed by atoms with Crippen molar-refractivity contribution >= 4 is 11.7 Å². The lowest BCUT2D eigenvalue weighted by Gasteiger charge is -2.23. The molecule has 0 aromatic carbocycles. The summed E-state index contributed by atoms with van der Waals surface area (Å²) in [6, 6.07) is -0.405. The SMILES string of the molecule is CCC(CC)C(=O)NC(C(N)=NO)C(C)C. The van der Waals surface area contributed by atoms with E-state index in [2.05, 4.69) is 10.5 Å². The van der Waals surface area contributed by atoms with Gasteiger partial charge in [0, 0.05) is 5.92 Å². The third-order valence-corrected chi connectivity index (χ3v) is 2.75. The van der Waals surface area contributed by atoms with Crippen LogP contribution >= 0.6 is 0 Å². The predicted molar refractivity (Wildman–Crippen MR) is 64.2 cm³/mol. The van der Waals surface area contributed by atoms with Gasteiger partial charge in [-0.1, -0.05) is 32.9 Å². The molecule has 16 heavy (non-hydrogen) atoms. The van der Waals surface area contributed by atoms with Crippen LogP contribution in [0.1, 0.15) is 40.5 Å². The van der Waals surface area contributed by atoms with Crippen LogP contribution in [0.3, 0.4) is 0 Å². The largest absolute Gasteiger partial charge is 0.409 e. The molecule has 0 heterocycles. The Labute approximate surface area is 97.1 Å². The Bertz CT molecular complexity index is 248. The summed E-state index contributed by atoms with van der Waals surface area (Å²) in [5.41, 5.74) is 5.53. The van der Waals surface area contributed by atoms with E-state index < -0.39 is 6.04 Å². The first-order valence-corrected chi connectivity index (χ1v) is 5.75. The zero-order valence-corrected chi connectivity index (χ0v) is 10.5. The van der Waals surface area contributed by atoms with Crippen LogP contribution in [0.25, 0.3) is 0 Å². The van der Waals surface area contributed by atoms with Crippen LogP contribution in [-0.4, -0.2) is 23.0 Å². The summed E-state index contributed by atoms with van der Waals surface area (Å²) in [6.07, 6.45) is 1.59. The highest BCUT2D eigenvalue weighted by molar-refractivity contribution is 5.90. The summed E-state index contributed by atoms with van der Waals surface area (Å²) >= 11 is 0. The maximum Gasteiger partial charge on any atom is 0.223 e. The Morgan fingerprint density at radius 1 is 1.38 bits per heavy atom. The zero-order chi connectivity index (χ0) is 12.7. The van der Waals surface area contributed by atoms with Crippen molar-refractivity contribution in [2.45, 2.75) is 46.6 Å². The average Bonchev–Trinajstić information content (AvgIpc) is 2.26. The molecule has 0 aliphatic carbocycles. The third-order valence-electron chi connectivity index (χ3n) is 2.75. The second kappa shape index (κ2) is 7.09. The molecule has 1 atom stereocenters. The van der Waals surface area contributed by atoms with E-state index in [0.29, 0.717) is 0 Å². The Hall–Kier alpha value is -1.26. The number of nitrogens with one attached hydrogen (secondary N) is 1. The number of hydrogen-bond donors (Lipinski definition) is 3. The number of carbonyl (C=O) groups excluding carboxylic acids is 1. The van der Waals surface area contributed by atoms with Gasteiger partial charge in [0.2, 0.25) is 5.91 Å². The molecule has 4 N–H and O–H groups in total. The van der Waals surface area contributed by atoms with Crippen LogP contribution in [0, 0.1) is 11.8 Å². The molecule has 0 rings (SSSR count). The van der Waals surface area contributed by atoms with Crippen molar-refractivity contribution in [1.29, 1.82) is 0 Å². The summed E-state index contributed by atoms with van der Waals surface area (Å²) in [5, 5.41) is 14.4. The van der Waals surface area contributed by atoms with Crippen LogP contribution in [0.5, 0.6) is 0 Å². The first-order chi connectivity index (χ1) is 7.47. The topological polar surface area (TPSA) is 87.7 Å². The van der Waals surface area contributed by atoms with Gasteiger partial charge in [-0.25, -0.2) is 0 Å². The molecule has 0 aromatic rings. The smallest absolute Gasteiger partial charge is 0.223 e. The van der Waals surface area contributed by atoms with Crippen LogP contribution in [0.15, 0.2) is 5.16 Å². The molecular formula is C11H23N3O2. The van der Waals surface area contributed by atoms with Gasteiger partial charge in [-0.05, 0) is 18.8 Å². The molecule has 0 saturated heterocycles. The van der Waals surface area contributed by atoms with Gasteiger partial charge in [0.15, 0.2) is 5.84 Å². The van der Waals surface area contributed by atoms with E-state index in [4.69, 9.17) is 10.9 Å². The Morgan fingerprint density at radius 3 is 2.19 bits per heavy atom. The molecule has 94 valence electrons.